The summed E-state index contributed by atoms with van der Waals surface area (Å²) < 4.78 is 11.6. The lowest BCUT2D eigenvalue weighted by Gasteiger charge is -2.05. The standard InChI is InChI=1S/C26H15Cl3N2O3/c27-16-11-15(12-17(28)13-16)23-9-6-19(33-23)7-10-25(32)30-18-5-8-21(29)20(14-18)26-31-22-3-1-2-4-24(22)34-26/h1-14H,(H,30,32)/b10-7+. The Bertz CT molecular complexity index is 1500. The summed E-state index contributed by atoms with van der Waals surface area (Å²) in [6.45, 7) is 0. The molecule has 0 aliphatic carbocycles. The molecular weight excluding hydrogens is 495 g/mol. The summed E-state index contributed by atoms with van der Waals surface area (Å²) >= 11 is 18.5. The summed E-state index contributed by atoms with van der Waals surface area (Å²) in [6.07, 6.45) is 2.95. The summed E-state index contributed by atoms with van der Waals surface area (Å²) in [5.74, 6) is 1.13. The minimum Gasteiger partial charge on any atom is -0.457 e. The Morgan fingerprint density at radius 2 is 1.68 bits per heavy atom. The Hall–Kier alpha value is -3.51. The van der Waals surface area contributed by atoms with Crippen molar-refractivity contribution < 1.29 is 13.6 Å². The number of nitrogens with zero attached hydrogens (tertiary/aromatic N) is 1. The molecule has 2 heterocycles. The molecule has 0 atom stereocenters. The molecule has 5 aromatic rings. The molecule has 0 saturated heterocycles. The van der Waals surface area contributed by atoms with E-state index in [1.807, 2.05) is 24.3 Å². The number of fused-ring (bicyclic) bond motifs is 1. The van der Waals surface area contributed by atoms with Gasteiger partial charge in [0.25, 0.3) is 0 Å². The van der Waals surface area contributed by atoms with Gasteiger partial charge in [0.1, 0.15) is 17.0 Å². The Balaban J connectivity index is 1.31. The van der Waals surface area contributed by atoms with Crippen LogP contribution in [-0.2, 0) is 4.79 Å². The maximum absolute atomic E-state index is 12.5. The summed E-state index contributed by atoms with van der Waals surface area (Å²) in [5.41, 5.74) is 3.25. The number of hydrogen-bond acceptors (Lipinski definition) is 4. The van der Waals surface area contributed by atoms with Crippen molar-refractivity contribution in [2.75, 3.05) is 5.32 Å². The van der Waals surface area contributed by atoms with Crippen LogP contribution in [0.5, 0.6) is 0 Å². The largest absolute Gasteiger partial charge is 0.457 e. The van der Waals surface area contributed by atoms with E-state index >= 15 is 0 Å². The van der Waals surface area contributed by atoms with Gasteiger partial charge in [-0.15, -0.1) is 0 Å². The molecule has 8 heteroatoms. The number of oxazole rings is 1. The first kappa shape index (κ1) is 22.3. The quantitative estimate of drug-likeness (QED) is 0.242. The molecule has 1 amide bonds. The van der Waals surface area contributed by atoms with Crippen molar-refractivity contribution in [1.82, 2.24) is 4.98 Å². The van der Waals surface area contributed by atoms with Crippen LogP contribution in [-0.4, -0.2) is 10.9 Å². The van der Waals surface area contributed by atoms with E-state index in [1.165, 1.54) is 6.08 Å². The number of carbonyl (C=O) groups excluding carboxylic acids is 1. The second kappa shape index (κ2) is 9.39. The number of anilines is 1. The van der Waals surface area contributed by atoms with Gasteiger partial charge in [-0.3, -0.25) is 4.79 Å². The highest BCUT2D eigenvalue weighted by molar-refractivity contribution is 6.35. The molecule has 5 nitrogen and oxygen atoms in total. The monoisotopic (exact) mass is 508 g/mol. The number of rotatable bonds is 5. The highest BCUT2D eigenvalue weighted by Crippen LogP contribution is 2.32. The lowest BCUT2D eigenvalue weighted by Crippen LogP contribution is -2.07. The van der Waals surface area contributed by atoms with E-state index in [-0.39, 0.29) is 5.91 Å². The molecule has 0 aliphatic rings. The number of para-hydroxylation sites is 2. The van der Waals surface area contributed by atoms with E-state index in [1.54, 1.807) is 54.6 Å². The van der Waals surface area contributed by atoms with Gasteiger partial charge in [0.2, 0.25) is 11.8 Å². The number of aromatic nitrogens is 1. The fourth-order valence-corrected chi connectivity index (χ4v) is 4.11. The third kappa shape index (κ3) is 4.87. The Morgan fingerprint density at radius 1 is 0.882 bits per heavy atom. The van der Waals surface area contributed by atoms with Gasteiger partial charge in [0.15, 0.2) is 5.58 Å². The number of nitrogens with one attached hydrogen (secondary N) is 1. The minimum absolute atomic E-state index is 0.338. The zero-order valence-electron chi connectivity index (χ0n) is 17.4. The molecule has 2 aromatic heterocycles. The fraction of sp³-hybridized carbons (Fsp3) is 0. The molecule has 0 fully saturated rings. The smallest absolute Gasteiger partial charge is 0.248 e. The highest BCUT2D eigenvalue weighted by Gasteiger charge is 2.13. The van der Waals surface area contributed by atoms with E-state index in [4.69, 9.17) is 43.6 Å². The zero-order valence-corrected chi connectivity index (χ0v) is 19.7. The number of hydrogen-bond donors (Lipinski definition) is 1. The molecule has 0 spiro atoms. The van der Waals surface area contributed by atoms with Crippen molar-refractivity contribution >= 4 is 63.6 Å². The van der Waals surface area contributed by atoms with Gasteiger partial charge in [-0.2, -0.15) is 0 Å². The average Bonchev–Trinajstić information content (AvgIpc) is 3.45. The highest BCUT2D eigenvalue weighted by atomic mass is 35.5. The number of furan rings is 1. The van der Waals surface area contributed by atoms with Crippen LogP contribution >= 0.6 is 34.8 Å². The van der Waals surface area contributed by atoms with Crippen LogP contribution in [0, 0.1) is 0 Å². The molecule has 3 aromatic carbocycles. The summed E-state index contributed by atoms with van der Waals surface area (Å²) in [5, 5.41) is 4.29. The Kier molecular flexibility index (Phi) is 6.16. The van der Waals surface area contributed by atoms with E-state index in [9.17, 15) is 4.79 Å². The molecule has 1 N–H and O–H groups in total. The zero-order chi connectivity index (χ0) is 23.7. The van der Waals surface area contributed by atoms with E-state index in [0.29, 0.717) is 49.3 Å². The predicted octanol–water partition coefficient (Wildman–Crippen LogP) is 8.37. The van der Waals surface area contributed by atoms with Gasteiger partial charge < -0.3 is 14.2 Å². The van der Waals surface area contributed by atoms with Gasteiger partial charge >= 0.3 is 0 Å². The second-order valence-electron chi connectivity index (χ2n) is 7.36. The lowest BCUT2D eigenvalue weighted by molar-refractivity contribution is -0.111. The van der Waals surface area contributed by atoms with Crippen LogP contribution in [0.4, 0.5) is 5.69 Å². The maximum atomic E-state index is 12.5. The summed E-state index contributed by atoms with van der Waals surface area (Å²) in [7, 11) is 0. The van der Waals surface area contributed by atoms with Crippen molar-refractivity contribution in [1.29, 1.82) is 0 Å². The number of halogens is 3. The first-order valence-corrected chi connectivity index (χ1v) is 11.3. The topological polar surface area (TPSA) is 68.3 Å². The Morgan fingerprint density at radius 3 is 2.47 bits per heavy atom. The van der Waals surface area contributed by atoms with Gasteiger partial charge in [0.05, 0.1) is 10.6 Å². The van der Waals surface area contributed by atoms with Crippen molar-refractivity contribution in [3.63, 3.8) is 0 Å². The Labute approximate surface area is 209 Å². The van der Waals surface area contributed by atoms with Crippen LogP contribution in [0.15, 0.2) is 87.7 Å². The van der Waals surface area contributed by atoms with Gasteiger partial charge in [-0.25, -0.2) is 4.98 Å². The molecule has 0 aliphatic heterocycles. The van der Waals surface area contributed by atoms with Crippen LogP contribution in [0.25, 0.3) is 40.0 Å². The third-order valence-corrected chi connectivity index (χ3v) is 5.70. The minimum atomic E-state index is -0.338. The van der Waals surface area contributed by atoms with Gasteiger partial charge in [-0.05, 0) is 66.7 Å². The predicted molar refractivity (Wildman–Crippen MR) is 136 cm³/mol. The van der Waals surface area contributed by atoms with Crippen LogP contribution in [0.1, 0.15) is 5.76 Å². The molecule has 34 heavy (non-hydrogen) atoms. The average molecular weight is 510 g/mol. The molecule has 5 rings (SSSR count). The second-order valence-corrected chi connectivity index (χ2v) is 8.64. The molecule has 168 valence electrons. The number of amides is 1. The molecular formula is C26H15Cl3N2O3. The molecule has 0 saturated carbocycles. The normalized spacial score (nSPS) is 11.4. The first-order chi connectivity index (χ1) is 16.4. The van der Waals surface area contributed by atoms with Crippen molar-refractivity contribution in [3.8, 4) is 22.8 Å². The first-order valence-electron chi connectivity index (χ1n) is 10.2. The van der Waals surface area contributed by atoms with E-state index < -0.39 is 0 Å². The van der Waals surface area contributed by atoms with Gasteiger partial charge in [-0.1, -0.05) is 46.9 Å². The lowest BCUT2D eigenvalue weighted by atomic mass is 10.2. The molecule has 0 radical (unpaired) electrons. The van der Waals surface area contributed by atoms with Crippen LogP contribution < -0.4 is 5.32 Å². The summed E-state index contributed by atoms with van der Waals surface area (Å²) in [6, 6.07) is 21.2. The number of benzene rings is 3. The van der Waals surface area contributed by atoms with Crippen molar-refractivity contribution in [2.45, 2.75) is 0 Å². The third-order valence-electron chi connectivity index (χ3n) is 4.93. The SMILES string of the molecule is O=C(/C=C/c1ccc(-c2cc(Cl)cc(Cl)c2)o1)Nc1ccc(Cl)c(-c2nc3ccccc3o2)c1. The van der Waals surface area contributed by atoms with Crippen molar-refractivity contribution in [2.24, 2.45) is 0 Å². The van der Waals surface area contributed by atoms with E-state index in [2.05, 4.69) is 10.3 Å². The van der Waals surface area contributed by atoms with E-state index in [0.717, 1.165) is 11.1 Å². The molecule has 0 bridgehead atoms. The maximum Gasteiger partial charge on any atom is 0.248 e. The fourth-order valence-electron chi connectivity index (χ4n) is 3.39. The van der Waals surface area contributed by atoms with Crippen molar-refractivity contribution in [3.05, 3.63) is 99.7 Å². The van der Waals surface area contributed by atoms with Crippen LogP contribution in [0.2, 0.25) is 15.1 Å². The summed E-state index contributed by atoms with van der Waals surface area (Å²) in [4.78, 5) is 17.0. The van der Waals surface area contributed by atoms with Crippen LogP contribution in [0.3, 0.4) is 0 Å². The van der Waals surface area contributed by atoms with Gasteiger partial charge in [0, 0.05) is 27.4 Å². The number of carbonyl (C=O) groups is 1. The molecule has 0 unspecified atom stereocenters.